The highest BCUT2D eigenvalue weighted by atomic mass is 31.1. The highest BCUT2D eigenvalue weighted by molar-refractivity contribution is 7.32. The number of hydrogen-bond donors (Lipinski definition) is 2. The van der Waals surface area contributed by atoms with Crippen molar-refractivity contribution in [3.63, 3.8) is 0 Å². The summed E-state index contributed by atoms with van der Waals surface area (Å²) in [6, 6.07) is 10.9. The van der Waals surface area contributed by atoms with Crippen LogP contribution in [-0.2, 0) is 28.5 Å². The summed E-state index contributed by atoms with van der Waals surface area (Å²) in [5, 5.41) is 3.24. The molecule has 0 radical (unpaired) electrons. The van der Waals surface area contributed by atoms with E-state index < -0.39 is 8.25 Å². The van der Waals surface area contributed by atoms with Crippen LogP contribution in [0.25, 0.3) is 0 Å². The van der Waals surface area contributed by atoms with E-state index in [0.29, 0.717) is 19.5 Å². The predicted molar refractivity (Wildman–Crippen MR) is 109 cm³/mol. The quantitative estimate of drug-likeness (QED) is 0.350. The van der Waals surface area contributed by atoms with Gasteiger partial charge in [-0.3, -0.25) is 4.98 Å². The molecule has 0 saturated heterocycles. The molecule has 2 N–H and O–H groups in total. The van der Waals surface area contributed by atoms with Gasteiger partial charge < -0.3 is 5.32 Å². The summed E-state index contributed by atoms with van der Waals surface area (Å²) in [7, 11) is -2.49. The van der Waals surface area contributed by atoms with Gasteiger partial charge in [0.2, 0.25) is 0 Å². The maximum atomic E-state index is 12.9. The Morgan fingerprint density at radius 3 is 2.29 bits per heavy atom. The van der Waals surface area contributed by atoms with Crippen LogP contribution in [0.2, 0.25) is 0 Å². The maximum Gasteiger partial charge on any atom is 0.694 e. The number of nitrogens with one attached hydrogen (secondary N) is 1. The van der Waals surface area contributed by atoms with Crippen LogP contribution in [0.1, 0.15) is 48.9 Å². The van der Waals surface area contributed by atoms with E-state index >= 15 is 0 Å². The second-order valence-corrected chi connectivity index (χ2v) is 7.53. The van der Waals surface area contributed by atoms with E-state index in [-0.39, 0.29) is 12.4 Å². The number of pyridine rings is 1. The van der Waals surface area contributed by atoms with Crippen molar-refractivity contribution in [3.8, 4) is 0 Å². The van der Waals surface area contributed by atoms with E-state index in [1.807, 2.05) is 24.4 Å². The number of aryl methyl sites for hydroxylation is 2. The van der Waals surface area contributed by atoms with Gasteiger partial charge in [0.25, 0.3) is 0 Å². The van der Waals surface area contributed by atoms with E-state index in [1.165, 1.54) is 36.1 Å². The summed E-state index contributed by atoms with van der Waals surface area (Å²) in [5.41, 5.74) is 3.44. The van der Waals surface area contributed by atoms with Crippen LogP contribution in [0.15, 0.2) is 42.6 Å². The van der Waals surface area contributed by atoms with Crippen molar-refractivity contribution in [2.45, 2.75) is 51.5 Å². The molecule has 0 aliphatic carbocycles. The first kappa shape index (κ1) is 22.6. The molecule has 0 bridgehead atoms. The number of unbranched alkanes of at least 4 members (excludes halogenated alkanes) is 3. The molecule has 1 atom stereocenters. The van der Waals surface area contributed by atoms with Gasteiger partial charge in [-0.25, -0.2) is 4.39 Å². The average Bonchev–Trinajstić information content (AvgIpc) is 2.69. The lowest BCUT2D eigenvalue weighted by molar-refractivity contribution is 0.276. The molecular formula is C21H29FN2O3P+. The van der Waals surface area contributed by atoms with Crippen molar-refractivity contribution < 1.29 is 18.4 Å². The minimum absolute atomic E-state index is 0.175. The Hall–Kier alpha value is -1.72. The summed E-state index contributed by atoms with van der Waals surface area (Å²) >= 11 is 0. The lowest BCUT2D eigenvalue weighted by Crippen LogP contribution is -2.16. The molecule has 0 aliphatic rings. The molecule has 1 aromatic heterocycles. The van der Waals surface area contributed by atoms with Crippen LogP contribution in [-0.4, -0.2) is 23.0 Å². The number of halogens is 1. The SMILES string of the molecule is O=[P+](O)OCCCNCc1ccc(CCCCCCc2ccc(F)cc2)cn1. The zero-order chi connectivity index (χ0) is 20.0. The van der Waals surface area contributed by atoms with E-state index in [0.717, 1.165) is 31.4 Å². The van der Waals surface area contributed by atoms with Crippen LogP contribution in [0.4, 0.5) is 4.39 Å². The van der Waals surface area contributed by atoms with Crippen molar-refractivity contribution in [1.82, 2.24) is 10.3 Å². The van der Waals surface area contributed by atoms with E-state index in [2.05, 4.69) is 20.9 Å². The molecule has 2 aromatic rings. The fourth-order valence-corrected chi connectivity index (χ4v) is 3.21. The lowest BCUT2D eigenvalue weighted by atomic mass is 10.0. The first-order valence-corrected chi connectivity index (χ1v) is 10.9. The normalized spacial score (nSPS) is 11.6. The Bertz CT molecular complexity index is 696. The fourth-order valence-electron chi connectivity index (χ4n) is 2.93. The average molecular weight is 407 g/mol. The molecule has 1 heterocycles. The molecule has 0 amide bonds. The summed E-state index contributed by atoms with van der Waals surface area (Å²) in [5.74, 6) is -0.175. The minimum atomic E-state index is -2.49. The van der Waals surface area contributed by atoms with Gasteiger partial charge in [0.1, 0.15) is 12.4 Å². The molecule has 152 valence electrons. The molecule has 7 heteroatoms. The van der Waals surface area contributed by atoms with Crippen molar-refractivity contribution >= 4 is 8.25 Å². The largest absolute Gasteiger partial charge is 0.694 e. The molecule has 1 aromatic carbocycles. The van der Waals surface area contributed by atoms with Crippen LogP contribution >= 0.6 is 8.25 Å². The molecule has 0 fully saturated rings. The fraction of sp³-hybridized carbons (Fsp3) is 0.476. The number of hydrogen-bond acceptors (Lipinski definition) is 4. The molecule has 28 heavy (non-hydrogen) atoms. The summed E-state index contributed by atoms with van der Waals surface area (Å²) in [4.78, 5) is 13.0. The Morgan fingerprint density at radius 1 is 0.964 bits per heavy atom. The third kappa shape index (κ3) is 10.00. The van der Waals surface area contributed by atoms with E-state index in [9.17, 15) is 8.96 Å². The van der Waals surface area contributed by atoms with Gasteiger partial charge in [-0.2, -0.15) is 0 Å². The van der Waals surface area contributed by atoms with Crippen LogP contribution in [0, 0.1) is 5.82 Å². The van der Waals surface area contributed by atoms with Gasteiger partial charge >= 0.3 is 8.25 Å². The maximum absolute atomic E-state index is 12.9. The molecule has 0 saturated carbocycles. The Balaban J connectivity index is 1.51. The lowest BCUT2D eigenvalue weighted by Gasteiger charge is -2.05. The minimum Gasteiger partial charge on any atom is -0.311 e. The van der Waals surface area contributed by atoms with E-state index in [1.54, 1.807) is 0 Å². The molecule has 2 rings (SSSR count). The number of rotatable bonds is 14. The predicted octanol–water partition coefficient (Wildman–Crippen LogP) is 4.71. The topological polar surface area (TPSA) is 71.5 Å². The highest BCUT2D eigenvalue weighted by Gasteiger charge is 2.09. The van der Waals surface area contributed by atoms with Crippen molar-refractivity contribution in [3.05, 3.63) is 65.2 Å². The van der Waals surface area contributed by atoms with Gasteiger partial charge in [0.15, 0.2) is 0 Å². The monoisotopic (exact) mass is 407 g/mol. The molecule has 5 nitrogen and oxygen atoms in total. The van der Waals surface area contributed by atoms with Gasteiger partial charge in [0, 0.05) is 17.3 Å². The van der Waals surface area contributed by atoms with Gasteiger partial charge in [-0.1, -0.05) is 31.0 Å². The molecule has 0 spiro atoms. The van der Waals surface area contributed by atoms with Crippen LogP contribution in [0.5, 0.6) is 0 Å². The first-order chi connectivity index (χ1) is 13.6. The number of benzene rings is 1. The van der Waals surface area contributed by atoms with Crippen LogP contribution in [0.3, 0.4) is 0 Å². The van der Waals surface area contributed by atoms with Gasteiger partial charge in [-0.15, -0.1) is 9.42 Å². The van der Waals surface area contributed by atoms with Crippen molar-refractivity contribution in [1.29, 1.82) is 0 Å². The Kier molecular flexibility index (Phi) is 10.8. The second kappa shape index (κ2) is 13.5. The third-order valence-corrected chi connectivity index (χ3v) is 4.89. The first-order valence-electron chi connectivity index (χ1n) is 9.81. The van der Waals surface area contributed by atoms with Gasteiger partial charge in [0.05, 0.1) is 5.69 Å². The highest BCUT2D eigenvalue weighted by Crippen LogP contribution is 2.14. The molecular weight excluding hydrogens is 378 g/mol. The third-order valence-electron chi connectivity index (χ3n) is 4.49. The number of aromatic nitrogens is 1. The summed E-state index contributed by atoms with van der Waals surface area (Å²) in [6.07, 6.45) is 9.31. The molecule has 0 aliphatic heterocycles. The standard InChI is InChI=1S/C21H28FN2O3P/c22-20-11-8-18(9-12-20)6-3-1-2-4-7-19-10-13-21(24-16-19)17-23-14-5-15-27-28(25)26/h8-13,16,23H,1-7,14-15,17H2/p+1. The Morgan fingerprint density at radius 2 is 1.64 bits per heavy atom. The smallest absolute Gasteiger partial charge is 0.311 e. The van der Waals surface area contributed by atoms with Gasteiger partial charge in [-0.05, 0) is 68.0 Å². The Labute approximate surface area is 167 Å². The van der Waals surface area contributed by atoms with Crippen molar-refractivity contribution in [2.75, 3.05) is 13.2 Å². The van der Waals surface area contributed by atoms with Crippen LogP contribution < -0.4 is 5.32 Å². The number of nitrogens with zero attached hydrogens (tertiary/aromatic N) is 1. The zero-order valence-corrected chi connectivity index (χ0v) is 17.0. The zero-order valence-electron chi connectivity index (χ0n) is 16.1. The second-order valence-electron chi connectivity index (χ2n) is 6.80. The van der Waals surface area contributed by atoms with Crippen molar-refractivity contribution in [2.24, 2.45) is 0 Å². The summed E-state index contributed by atoms with van der Waals surface area (Å²) < 4.78 is 27.8. The molecule has 1 unspecified atom stereocenters. The van der Waals surface area contributed by atoms with E-state index in [4.69, 9.17) is 4.89 Å². The summed E-state index contributed by atoms with van der Waals surface area (Å²) in [6.45, 7) is 1.66.